The molecule has 1 aromatic carbocycles. The van der Waals surface area contributed by atoms with Gasteiger partial charge in [0, 0.05) is 26.1 Å². The Morgan fingerprint density at radius 1 is 1.12 bits per heavy atom. The molecule has 1 saturated heterocycles. The molecule has 1 unspecified atom stereocenters. The largest absolute Gasteiger partial charge is 0.416 e. The lowest BCUT2D eigenvalue weighted by Gasteiger charge is -2.31. The van der Waals surface area contributed by atoms with Crippen molar-refractivity contribution in [3.05, 3.63) is 34.9 Å². The number of alkyl halides is 6. The second-order valence-electron chi connectivity index (χ2n) is 5.72. The number of hydrogen-bond acceptors (Lipinski definition) is 2. The number of piperidine rings is 1. The molecule has 0 spiro atoms. The van der Waals surface area contributed by atoms with Gasteiger partial charge >= 0.3 is 12.4 Å². The molecule has 1 aliphatic heterocycles. The zero-order valence-corrected chi connectivity index (χ0v) is 12.4. The van der Waals surface area contributed by atoms with Crippen molar-refractivity contribution in [3.8, 4) is 0 Å². The van der Waals surface area contributed by atoms with Crippen molar-refractivity contribution in [1.29, 1.82) is 0 Å². The van der Waals surface area contributed by atoms with Crippen LogP contribution in [0.5, 0.6) is 0 Å². The molecule has 1 heterocycles. The van der Waals surface area contributed by atoms with Gasteiger partial charge in [-0.05, 0) is 30.0 Å². The Kier molecular flexibility index (Phi) is 5.12. The maximum atomic E-state index is 13.1. The van der Waals surface area contributed by atoms with Gasteiger partial charge in [-0.2, -0.15) is 26.3 Å². The van der Waals surface area contributed by atoms with Crippen molar-refractivity contribution in [3.63, 3.8) is 0 Å². The van der Waals surface area contributed by atoms with Gasteiger partial charge in [-0.15, -0.1) is 0 Å². The van der Waals surface area contributed by atoms with Crippen molar-refractivity contribution in [2.45, 2.75) is 31.7 Å². The Balaban J connectivity index is 2.28. The van der Waals surface area contributed by atoms with Gasteiger partial charge in [0.05, 0.1) is 11.1 Å². The van der Waals surface area contributed by atoms with Crippen LogP contribution in [0.3, 0.4) is 0 Å². The van der Waals surface area contributed by atoms with E-state index in [-0.39, 0.29) is 37.1 Å². The number of benzene rings is 1. The molecule has 24 heavy (non-hydrogen) atoms. The number of rotatable bonds is 3. The number of nitrogens with zero attached hydrogens (tertiary/aromatic N) is 1. The standard InChI is InChI=1S/C15H15F6NO2/c16-14(17,18)11-2-1-10(12(6-11)15(19,20)21)7-22-4-3-9(8-23)5-13(22)24/h1-2,6,9,23H,3-5,7-8H2. The summed E-state index contributed by atoms with van der Waals surface area (Å²) in [5, 5.41) is 9.02. The molecule has 0 aromatic heterocycles. The first-order chi connectivity index (χ1) is 11.0. The van der Waals surface area contributed by atoms with Gasteiger partial charge in [0.15, 0.2) is 0 Å². The van der Waals surface area contributed by atoms with Crippen LogP contribution in [0.1, 0.15) is 29.5 Å². The molecule has 1 aliphatic rings. The van der Waals surface area contributed by atoms with Crippen LogP contribution in [0.4, 0.5) is 26.3 Å². The lowest BCUT2D eigenvalue weighted by Crippen LogP contribution is -2.39. The van der Waals surface area contributed by atoms with Crippen LogP contribution < -0.4 is 0 Å². The summed E-state index contributed by atoms with van der Waals surface area (Å²) >= 11 is 0. The van der Waals surface area contributed by atoms with Crippen molar-refractivity contribution < 1.29 is 36.2 Å². The van der Waals surface area contributed by atoms with Crippen molar-refractivity contribution in [1.82, 2.24) is 4.90 Å². The van der Waals surface area contributed by atoms with Crippen LogP contribution in [-0.4, -0.2) is 29.1 Å². The Morgan fingerprint density at radius 3 is 2.29 bits per heavy atom. The monoisotopic (exact) mass is 355 g/mol. The number of halogens is 6. The molecule has 0 radical (unpaired) electrons. The average molecular weight is 355 g/mol. The highest BCUT2D eigenvalue weighted by Crippen LogP contribution is 2.38. The van der Waals surface area contributed by atoms with E-state index < -0.39 is 35.9 Å². The van der Waals surface area contributed by atoms with Gasteiger partial charge in [0.25, 0.3) is 0 Å². The Labute approximate surface area is 133 Å². The van der Waals surface area contributed by atoms with E-state index in [0.29, 0.717) is 12.5 Å². The normalized spacial score (nSPS) is 19.7. The first kappa shape index (κ1) is 18.6. The molecule has 0 bridgehead atoms. The van der Waals surface area contributed by atoms with Crippen LogP contribution in [0.15, 0.2) is 18.2 Å². The zero-order valence-electron chi connectivity index (χ0n) is 12.4. The third kappa shape index (κ3) is 4.19. The second-order valence-corrected chi connectivity index (χ2v) is 5.72. The van der Waals surface area contributed by atoms with Crippen molar-refractivity contribution >= 4 is 5.91 Å². The summed E-state index contributed by atoms with van der Waals surface area (Å²) in [5.74, 6) is -0.656. The molecule has 1 fully saturated rings. The summed E-state index contributed by atoms with van der Waals surface area (Å²) in [5.41, 5.74) is -3.16. The van der Waals surface area contributed by atoms with E-state index in [9.17, 15) is 31.1 Å². The summed E-state index contributed by atoms with van der Waals surface area (Å²) in [6, 6.07) is 1.41. The molecule has 1 atom stereocenters. The Bertz CT molecular complexity index is 611. The SMILES string of the molecule is O=C1CC(CO)CCN1Cc1ccc(C(F)(F)F)cc1C(F)(F)F. The highest BCUT2D eigenvalue weighted by Gasteiger charge is 2.38. The van der Waals surface area contributed by atoms with Crippen LogP contribution in [0, 0.1) is 5.92 Å². The third-order valence-corrected chi connectivity index (χ3v) is 3.99. The molecule has 0 aliphatic carbocycles. The minimum Gasteiger partial charge on any atom is -0.396 e. The van der Waals surface area contributed by atoms with Crippen molar-refractivity contribution in [2.75, 3.05) is 13.2 Å². The van der Waals surface area contributed by atoms with Gasteiger partial charge in [0.1, 0.15) is 0 Å². The highest BCUT2D eigenvalue weighted by atomic mass is 19.4. The number of hydrogen-bond donors (Lipinski definition) is 1. The maximum absolute atomic E-state index is 13.1. The van der Waals surface area contributed by atoms with E-state index in [2.05, 4.69) is 0 Å². The zero-order chi connectivity index (χ0) is 18.1. The summed E-state index contributed by atoms with van der Waals surface area (Å²) in [6.45, 7) is -0.444. The average Bonchev–Trinajstić information content (AvgIpc) is 2.47. The fourth-order valence-corrected chi connectivity index (χ4v) is 2.62. The quantitative estimate of drug-likeness (QED) is 0.844. The van der Waals surface area contributed by atoms with Crippen LogP contribution in [0.25, 0.3) is 0 Å². The molecule has 0 saturated carbocycles. The Hall–Kier alpha value is -1.77. The number of amides is 1. The van der Waals surface area contributed by atoms with E-state index in [1.807, 2.05) is 0 Å². The van der Waals surface area contributed by atoms with Gasteiger partial charge in [-0.25, -0.2) is 0 Å². The lowest BCUT2D eigenvalue weighted by atomic mass is 9.96. The number of aliphatic hydroxyl groups excluding tert-OH is 1. The van der Waals surface area contributed by atoms with Gasteiger partial charge < -0.3 is 10.0 Å². The molecular formula is C15H15F6NO2. The predicted octanol–water partition coefficient (Wildman–Crippen LogP) is 3.46. The first-order valence-corrected chi connectivity index (χ1v) is 7.18. The minimum atomic E-state index is -4.96. The molecule has 3 nitrogen and oxygen atoms in total. The first-order valence-electron chi connectivity index (χ1n) is 7.18. The molecule has 9 heteroatoms. The number of likely N-dealkylation sites (tertiary alicyclic amines) is 1. The molecule has 1 aromatic rings. The number of carbonyl (C=O) groups excluding carboxylic acids is 1. The highest BCUT2D eigenvalue weighted by molar-refractivity contribution is 5.77. The van der Waals surface area contributed by atoms with Crippen molar-refractivity contribution in [2.24, 2.45) is 5.92 Å². The number of aliphatic hydroxyl groups is 1. The van der Waals surface area contributed by atoms with Gasteiger partial charge in [-0.1, -0.05) is 6.07 Å². The molecule has 2 rings (SSSR count). The topological polar surface area (TPSA) is 40.5 Å². The summed E-state index contributed by atoms with van der Waals surface area (Å²) in [6.07, 6.45) is -9.39. The fourth-order valence-electron chi connectivity index (χ4n) is 2.62. The van der Waals surface area contributed by atoms with E-state index in [4.69, 9.17) is 5.11 Å². The maximum Gasteiger partial charge on any atom is 0.416 e. The third-order valence-electron chi connectivity index (χ3n) is 3.99. The summed E-state index contributed by atoms with van der Waals surface area (Å²) in [7, 11) is 0. The summed E-state index contributed by atoms with van der Waals surface area (Å²) < 4.78 is 77.1. The van der Waals surface area contributed by atoms with Gasteiger partial charge in [-0.3, -0.25) is 4.79 Å². The number of carbonyl (C=O) groups is 1. The van der Waals surface area contributed by atoms with E-state index >= 15 is 0 Å². The van der Waals surface area contributed by atoms with Crippen LogP contribution >= 0.6 is 0 Å². The minimum absolute atomic E-state index is 0.0124. The summed E-state index contributed by atoms with van der Waals surface area (Å²) in [4.78, 5) is 13.1. The smallest absolute Gasteiger partial charge is 0.396 e. The van der Waals surface area contributed by atoms with E-state index in [1.54, 1.807) is 0 Å². The van der Waals surface area contributed by atoms with E-state index in [0.717, 1.165) is 6.07 Å². The van der Waals surface area contributed by atoms with Crippen LogP contribution in [-0.2, 0) is 23.7 Å². The van der Waals surface area contributed by atoms with Crippen LogP contribution in [0.2, 0.25) is 0 Å². The lowest BCUT2D eigenvalue weighted by molar-refractivity contribution is -0.145. The fraction of sp³-hybridized carbons (Fsp3) is 0.533. The molecular weight excluding hydrogens is 340 g/mol. The Morgan fingerprint density at radius 2 is 1.79 bits per heavy atom. The van der Waals surface area contributed by atoms with Gasteiger partial charge in [0.2, 0.25) is 5.91 Å². The second kappa shape index (κ2) is 6.62. The molecule has 134 valence electrons. The van der Waals surface area contributed by atoms with E-state index in [1.165, 1.54) is 4.90 Å². The molecule has 1 N–H and O–H groups in total. The predicted molar refractivity (Wildman–Crippen MR) is 71.7 cm³/mol. The molecule has 1 amide bonds.